The molecule has 9 heteroatoms. The third kappa shape index (κ3) is 4.08. The van der Waals surface area contributed by atoms with Crippen molar-refractivity contribution >= 4 is 50.6 Å². The lowest BCUT2D eigenvalue weighted by Gasteiger charge is -2.44. The molecule has 0 spiro atoms. The van der Waals surface area contributed by atoms with Crippen molar-refractivity contribution in [2.45, 2.75) is 32.5 Å². The van der Waals surface area contributed by atoms with E-state index in [1.54, 1.807) is 43.3 Å². The standard InChI is InChI=1S/C26H23FN4O3S/c1-16(32)29-20-7-9-21(10-8-20)31-23(33)22-13-18-11-12-35-24(18)30(22)15-26(31,2)25(34)28-14-17-3-5-19(27)6-4-17/h3-13H,14-15H2,1-2H3,(H,28,34)(H,29,32)/t26-/m1/s1. The predicted molar refractivity (Wildman–Crippen MR) is 134 cm³/mol. The molecule has 5 rings (SSSR count). The van der Waals surface area contributed by atoms with Gasteiger partial charge in [-0.15, -0.1) is 11.3 Å². The van der Waals surface area contributed by atoms with Crippen LogP contribution in [0.2, 0.25) is 0 Å². The monoisotopic (exact) mass is 490 g/mol. The molecule has 0 aliphatic carbocycles. The molecule has 3 heterocycles. The fraction of sp³-hybridized carbons (Fsp3) is 0.192. The highest BCUT2D eigenvalue weighted by Crippen LogP contribution is 2.37. The van der Waals surface area contributed by atoms with Crippen LogP contribution in [-0.4, -0.2) is 27.8 Å². The van der Waals surface area contributed by atoms with Crippen LogP contribution in [0.15, 0.2) is 66.0 Å². The lowest BCUT2D eigenvalue weighted by molar-refractivity contribution is -0.126. The molecule has 0 unspecified atom stereocenters. The molecule has 7 nitrogen and oxygen atoms in total. The number of nitrogens with zero attached hydrogens (tertiary/aromatic N) is 2. The van der Waals surface area contributed by atoms with Crippen molar-refractivity contribution in [2.75, 3.05) is 10.2 Å². The van der Waals surface area contributed by atoms with E-state index in [1.165, 1.54) is 35.3 Å². The molecular weight excluding hydrogens is 467 g/mol. The highest BCUT2D eigenvalue weighted by molar-refractivity contribution is 7.16. The molecule has 0 saturated heterocycles. The van der Waals surface area contributed by atoms with Crippen LogP contribution in [0.5, 0.6) is 0 Å². The molecule has 0 saturated carbocycles. The number of rotatable bonds is 5. The minimum Gasteiger partial charge on any atom is -0.350 e. The minimum absolute atomic E-state index is 0.199. The van der Waals surface area contributed by atoms with Crippen molar-refractivity contribution < 1.29 is 18.8 Å². The van der Waals surface area contributed by atoms with Gasteiger partial charge >= 0.3 is 0 Å². The first kappa shape index (κ1) is 22.8. The molecule has 1 atom stereocenters. The summed E-state index contributed by atoms with van der Waals surface area (Å²) in [6.07, 6.45) is 0. The third-order valence-corrected chi connectivity index (χ3v) is 7.14. The van der Waals surface area contributed by atoms with Crippen LogP contribution < -0.4 is 15.5 Å². The highest BCUT2D eigenvalue weighted by Gasteiger charge is 2.48. The zero-order valence-corrected chi connectivity index (χ0v) is 20.0. The lowest BCUT2D eigenvalue weighted by atomic mass is 9.93. The first-order valence-corrected chi connectivity index (χ1v) is 12.0. The average Bonchev–Trinajstić information content (AvgIpc) is 3.42. The maximum Gasteiger partial charge on any atom is 0.275 e. The number of halogens is 1. The first-order valence-electron chi connectivity index (χ1n) is 11.1. The van der Waals surface area contributed by atoms with E-state index in [1.807, 2.05) is 22.1 Å². The maximum absolute atomic E-state index is 13.8. The molecule has 0 bridgehead atoms. The summed E-state index contributed by atoms with van der Waals surface area (Å²) < 4.78 is 15.2. The van der Waals surface area contributed by atoms with E-state index in [2.05, 4.69) is 10.6 Å². The Morgan fingerprint density at radius 3 is 2.49 bits per heavy atom. The average molecular weight is 491 g/mol. The summed E-state index contributed by atoms with van der Waals surface area (Å²) in [4.78, 5) is 41.3. The van der Waals surface area contributed by atoms with Crippen LogP contribution >= 0.6 is 11.3 Å². The summed E-state index contributed by atoms with van der Waals surface area (Å²) >= 11 is 1.52. The van der Waals surface area contributed by atoms with Crippen LogP contribution in [0, 0.1) is 5.82 Å². The molecule has 2 aromatic heterocycles. The number of carbonyl (C=O) groups excluding carboxylic acids is 3. The number of nitrogens with one attached hydrogen (secondary N) is 2. The zero-order chi connectivity index (χ0) is 24.7. The second-order valence-corrected chi connectivity index (χ2v) is 9.64. The number of benzene rings is 2. The second kappa shape index (κ2) is 8.66. The largest absolute Gasteiger partial charge is 0.350 e. The van der Waals surface area contributed by atoms with Gasteiger partial charge in [0.1, 0.15) is 21.9 Å². The zero-order valence-electron chi connectivity index (χ0n) is 19.2. The van der Waals surface area contributed by atoms with Gasteiger partial charge in [-0.2, -0.15) is 0 Å². The topological polar surface area (TPSA) is 83.4 Å². The Bertz CT molecular complexity index is 1440. The van der Waals surface area contributed by atoms with Gasteiger partial charge in [0.15, 0.2) is 0 Å². The van der Waals surface area contributed by atoms with Crippen molar-refractivity contribution in [1.29, 1.82) is 0 Å². The Kier molecular flexibility index (Phi) is 5.64. The van der Waals surface area contributed by atoms with Gasteiger partial charge < -0.3 is 15.2 Å². The Labute approximate surface area is 205 Å². The SMILES string of the molecule is CC(=O)Nc1ccc(N2C(=O)c3cc4ccsc4n3C[C@]2(C)C(=O)NCc2ccc(F)cc2)cc1. The molecular formula is C26H23FN4O3S. The molecule has 35 heavy (non-hydrogen) atoms. The lowest BCUT2D eigenvalue weighted by Crippen LogP contribution is -2.64. The van der Waals surface area contributed by atoms with Gasteiger partial charge in [0.2, 0.25) is 11.8 Å². The van der Waals surface area contributed by atoms with Gasteiger partial charge in [-0.05, 0) is 66.4 Å². The van der Waals surface area contributed by atoms with Crippen LogP contribution in [-0.2, 0) is 22.7 Å². The van der Waals surface area contributed by atoms with Crippen LogP contribution in [0.4, 0.5) is 15.8 Å². The fourth-order valence-corrected chi connectivity index (χ4v) is 5.37. The quantitative estimate of drug-likeness (QED) is 0.431. The molecule has 3 amide bonds. The third-order valence-electron chi connectivity index (χ3n) is 6.19. The van der Waals surface area contributed by atoms with E-state index in [-0.39, 0.29) is 36.6 Å². The van der Waals surface area contributed by atoms with Gasteiger partial charge in [0.05, 0.1) is 6.54 Å². The molecule has 2 N–H and O–H groups in total. The normalized spacial score (nSPS) is 17.3. The Morgan fingerprint density at radius 1 is 1.09 bits per heavy atom. The maximum atomic E-state index is 13.8. The Morgan fingerprint density at radius 2 is 1.80 bits per heavy atom. The predicted octanol–water partition coefficient (Wildman–Crippen LogP) is 4.54. The number of anilines is 2. The number of fused-ring (bicyclic) bond motifs is 3. The van der Waals surface area contributed by atoms with Gasteiger partial charge in [-0.3, -0.25) is 19.3 Å². The van der Waals surface area contributed by atoms with E-state index in [0.717, 1.165) is 15.8 Å². The van der Waals surface area contributed by atoms with Crippen LogP contribution in [0.1, 0.15) is 29.9 Å². The number of aromatic nitrogens is 1. The van der Waals surface area contributed by atoms with Crippen molar-refractivity contribution in [3.63, 3.8) is 0 Å². The number of hydrogen-bond donors (Lipinski definition) is 2. The van der Waals surface area contributed by atoms with E-state index >= 15 is 0 Å². The molecule has 1 aliphatic rings. The highest BCUT2D eigenvalue weighted by atomic mass is 32.1. The van der Waals surface area contributed by atoms with E-state index in [0.29, 0.717) is 17.1 Å². The molecule has 178 valence electrons. The molecule has 0 radical (unpaired) electrons. The molecule has 4 aromatic rings. The van der Waals surface area contributed by atoms with Gasteiger partial charge in [0, 0.05) is 30.2 Å². The first-order chi connectivity index (χ1) is 16.8. The summed E-state index contributed by atoms with van der Waals surface area (Å²) in [5, 5.41) is 8.55. The summed E-state index contributed by atoms with van der Waals surface area (Å²) in [5.41, 5.74) is 1.16. The number of hydrogen-bond acceptors (Lipinski definition) is 4. The summed E-state index contributed by atoms with van der Waals surface area (Å²) in [5.74, 6) is -1.16. The fourth-order valence-electron chi connectivity index (χ4n) is 4.47. The Balaban J connectivity index is 1.52. The van der Waals surface area contributed by atoms with Crippen molar-refractivity contribution in [3.8, 4) is 0 Å². The smallest absolute Gasteiger partial charge is 0.275 e. The summed E-state index contributed by atoms with van der Waals surface area (Å²) in [6, 6.07) is 16.6. The van der Waals surface area contributed by atoms with Crippen molar-refractivity contribution in [2.24, 2.45) is 0 Å². The van der Waals surface area contributed by atoms with Crippen LogP contribution in [0.25, 0.3) is 10.2 Å². The van der Waals surface area contributed by atoms with E-state index in [9.17, 15) is 18.8 Å². The summed E-state index contributed by atoms with van der Waals surface area (Å²) in [6.45, 7) is 3.63. The molecule has 2 aromatic carbocycles. The number of amides is 3. The van der Waals surface area contributed by atoms with E-state index < -0.39 is 5.54 Å². The van der Waals surface area contributed by atoms with E-state index in [4.69, 9.17) is 0 Å². The van der Waals surface area contributed by atoms with Crippen LogP contribution in [0.3, 0.4) is 0 Å². The molecule has 1 aliphatic heterocycles. The molecule has 0 fully saturated rings. The van der Waals surface area contributed by atoms with Gasteiger partial charge in [0.25, 0.3) is 5.91 Å². The van der Waals surface area contributed by atoms with Crippen molar-refractivity contribution in [3.05, 3.63) is 83.1 Å². The minimum atomic E-state index is -1.24. The van der Waals surface area contributed by atoms with Gasteiger partial charge in [-0.25, -0.2) is 4.39 Å². The van der Waals surface area contributed by atoms with Gasteiger partial charge in [-0.1, -0.05) is 12.1 Å². The summed E-state index contributed by atoms with van der Waals surface area (Å²) in [7, 11) is 0. The second-order valence-electron chi connectivity index (χ2n) is 8.75. The van der Waals surface area contributed by atoms with Crippen molar-refractivity contribution in [1.82, 2.24) is 9.88 Å². The Hall–Kier alpha value is -3.98. The number of carbonyl (C=O) groups is 3. The number of thiophene rings is 1.